The first-order chi connectivity index (χ1) is 4.13. The second kappa shape index (κ2) is 2.25. The molecule has 1 heterocycles. The predicted molar refractivity (Wildman–Crippen MR) is 37.8 cm³/mol. The average molecular weight is 129 g/mol. The van der Waals surface area contributed by atoms with Crippen LogP contribution in [0, 0.1) is 0 Å². The Labute approximate surface area is 56.4 Å². The first-order valence-corrected chi connectivity index (χ1v) is 3.30. The van der Waals surface area contributed by atoms with E-state index in [1.165, 1.54) is 0 Å². The summed E-state index contributed by atoms with van der Waals surface area (Å²) >= 11 is 0. The van der Waals surface area contributed by atoms with Crippen molar-refractivity contribution in [3.05, 3.63) is 0 Å². The molecule has 0 amide bonds. The zero-order valence-electron chi connectivity index (χ0n) is 6.36. The maximum absolute atomic E-state index is 3.32. The van der Waals surface area contributed by atoms with Gasteiger partial charge in [0.05, 0.1) is 12.3 Å². The molecule has 0 saturated carbocycles. The number of hydrogen-bond donors (Lipinski definition) is 2. The van der Waals surface area contributed by atoms with Crippen molar-refractivity contribution in [2.24, 2.45) is 0 Å². The van der Waals surface area contributed by atoms with Gasteiger partial charge < -0.3 is 0 Å². The third-order valence-corrected chi connectivity index (χ3v) is 1.95. The Morgan fingerprint density at radius 3 is 2.44 bits per heavy atom. The average Bonchev–Trinajstić information content (AvgIpc) is 1.77. The van der Waals surface area contributed by atoms with Crippen LogP contribution in [0.4, 0.5) is 0 Å². The minimum absolute atomic E-state index is 0.158. The van der Waals surface area contributed by atoms with Crippen molar-refractivity contribution in [2.75, 3.05) is 20.4 Å². The standard InChI is InChI=1S/C6H15N3/c1-6(2)8-4-7-5-9(6)3/h7-8H,4-5H2,1-3H3. The Morgan fingerprint density at radius 1 is 1.44 bits per heavy atom. The van der Waals surface area contributed by atoms with Gasteiger partial charge in [0.1, 0.15) is 0 Å². The molecule has 0 aromatic carbocycles. The summed E-state index contributed by atoms with van der Waals surface area (Å²) in [6.07, 6.45) is 0. The van der Waals surface area contributed by atoms with Gasteiger partial charge in [0.15, 0.2) is 0 Å². The maximum Gasteiger partial charge on any atom is 0.0672 e. The van der Waals surface area contributed by atoms with Crippen LogP contribution in [0.5, 0.6) is 0 Å². The molecule has 0 unspecified atom stereocenters. The first-order valence-electron chi connectivity index (χ1n) is 3.30. The molecule has 1 aliphatic heterocycles. The van der Waals surface area contributed by atoms with Gasteiger partial charge in [-0.15, -0.1) is 0 Å². The Morgan fingerprint density at radius 2 is 2.11 bits per heavy atom. The van der Waals surface area contributed by atoms with Gasteiger partial charge in [-0.2, -0.15) is 0 Å². The minimum Gasteiger partial charge on any atom is -0.292 e. The van der Waals surface area contributed by atoms with Gasteiger partial charge in [-0.3, -0.25) is 15.5 Å². The molecule has 0 aromatic heterocycles. The van der Waals surface area contributed by atoms with E-state index in [1.54, 1.807) is 0 Å². The minimum atomic E-state index is 0.158. The lowest BCUT2D eigenvalue weighted by atomic mass is 10.2. The highest BCUT2D eigenvalue weighted by Crippen LogP contribution is 2.07. The van der Waals surface area contributed by atoms with Crippen molar-refractivity contribution >= 4 is 0 Å². The number of hydrogen-bond acceptors (Lipinski definition) is 3. The molecule has 0 atom stereocenters. The molecule has 0 bridgehead atoms. The summed E-state index contributed by atoms with van der Waals surface area (Å²) in [4.78, 5) is 2.23. The molecule has 1 aliphatic rings. The molecule has 3 heteroatoms. The molecule has 2 N–H and O–H groups in total. The Balaban J connectivity index is 2.49. The van der Waals surface area contributed by atoms with Crippen molar-refractivity contribution in [3.8, 4) is 0 Å². The molecular formula is C6H15N3. The number of nitrogens with zero attached hydrogens (tertiary/aromatic N) is 1. The predicted octanol–water partition coefficient (Wildman–Crippen LogP) is -0.238. The van der Waals surface area contributed by atoms with E-state index in [0.29, 0.717) is 0 Å². The first kappa shape index (κ1) is 6.99. The number of rotatable bonds is 0. The zero-order valence-corrected chi connectivity index (χ0v) is 6.36. The van der Waals surface area contributed by atoms with E-state index in [9.17, 15) is 0 Å². The Kier molecular flexibility index (Phi) is 1.75. The summed E-state index contributed by atoms with van der Waals surface area (Å²) in [6, 6.07) is 0. The van der Waals surface area contributed by atoms with Gasteiger partial charge in [0.2, 0.25) is 0 Å². The fourth-order valence-electron chi connectivity index (χ4n) is 0.835. The van der Waals surface area contributed by atoms with Gasteiger partial charge >= 0.3 is 0 Å². The lowest BCUT2D eigenvalue weighted by molar-refractivity contribution is 0.0689. The normalized spacial score (nSPS) is 28.3. The molecule has 0 aromatic rings. The van der Waals surface area contributed by atoms with Crippen LogP contribution < -0.4 is 10.6 Å². The summed E-state index contributed by atoms with van der Waals surface area (Å²) in [7, 11) is 2.10. The third-order valence-electron chi connectivity index (χ3n) is 1.95. The second-order valence-corrected chi connectivity index (χ2v) is 3.02. The monoisotopic (exact) mass is 129 g/mol. The van der Waals surface area contributed by atoms with Crippen molar-refractivity contribution in [1.29, 1.82) is 0 Å². The molecule has 0 aliphatic carbocycles. The van der Waals surface area contributed by atoms with Gasteiger partial charge in [0.25, 0.3) is 0 Å². The number of nitrogens with one attached hydrogen (secondary N) is 2. The van der Waals surface area contributed by atoms with Crippen LogP contribution in [-0.4, -0.2) is 30.9 Å². The van der Waals surface area contributed by atoms with E-state index in [2.05, 4.69) is 36.4 Å². The SMILES string of the molecule is CN1CNCNC1(C)C. The molecule has 0 radical (unpaired) electrons. The fraction of sp³-hybridized carbons (Fsp3) is 1.00. The Bertz CT molecular complexity index is 100. The Hall–Kier alpha value is -0.120. The highest BCUT2D eigenvalue weighted by Gasteiger charge is 2.24. The zero-order chi connectivity index (χ0) is 6.91. The molecule has 1 saturated heterocycles. The van der Waals surface area contributed by atoms with Crippen molar-refractivity contribution in [2.45, 2.75) is 19.5 Å². The molecule has 0 spiro atoms. The summed E-state index contributed by atoms with van der Waals surface area (Å²) in [5.41, 5.74) is 0.158. The van der Waals surface area contributed by atoms with Crippen LogP contribution in [0.1, 0.15) is 13.8 Å². The van der Waals surface area contributed by atoms with Crippen LogP contribution in [0.3, 0.4) is 0 Å². The van der Waals surface area contributed by atoms with Gasteiger partial charge in [-0.25, -0.2) is 0 Å². The fourth-order valence-corrected chi connectivity index (χ4v) is 0.835. The van der Waals surface area contributed by atoms with E-state index in [1.807, 2.05) is 0 Å². The van der Waals surface area contributed by atoms with E-state index < -0.39 is 0 Å². The van der Waals surface area contributed by atoms with E-state index in [-0.39, 0.29) is 5.66 Å². The van der Waals surface area contributed by atoms with E-state index >= 15 is 0 Å². The highest BCUT2D eigenvalue weighted by atomic mass is 15.4. The van der Waals surface area contributed by atoms with E-state index in [4.69, 9.17) is 0 Å². The summed E-state index contributed by atoms with van der Waals surface area (Å²) in [5, 5.41) is 6.53. The lowest BCUT2D eigenvalue weighted by Crippen LogP contribution is -2.62. The summed E-state index contributed by atoms with van der Waals surface area (Å²) in [6.45, 7) is 6.24. The second-order valence-electron chi connectivity index (χ2n) is 3.02. The molecule has 3 nitrogen and oxygen atoms in total. The van der Waals surface area contributed by atoms with Crippen molar-refractivity contribution in [3.63, 3.8) is 0 Å². The van der Waals surface area contributed by atoms with Crippen molar-refractivity contribution < 1.29 is 0 Å². The van der Waals surface area contributed by atoms with Gasteiger partial charge in [0, 0.05) is 6.67 Å². The van der Waals surface area contributed by atoms with Crippen molar-refractivity contribution in [1.82, 2.24) is 15.5 Å². The largest absolute Gasteiger partial charge is 0.292 e. The molecular weight excluding hydrogens is 114 g/mol. The lowest BCUT2D eigenvalue weighted by Gasteiger charge is -2.40. The molecule has 1 rings (SSSR count). The smallest absolute Gasteiger partial charge is 0.0672 e. The van der Waals surface area contributed by atoms with Crippen LogP contribution in [0.15, 0.2) is 0 Å². The quantitative estimate of drug-likeness (QED) is 0.473. The summed E-state index contributed by atoms with van der Waals surface area (Å²) < 4.78 is 0. The van der Waals surface area contributed by atoms with Gasteiger partial charge in [-0.1, -0.05) is 0 Å². The van der Waals surface area contributed by atoms with Gasteiger partial charge in [-0.05, 0) is 20.9 Å². The van der Waals surface area contributed by atoms with Crippen LogP contribution >= 0.6 is 0 Å². The van der Waals surface area contributed by atoms with Crippen LogP contribution in [0.2, 0.25) is 0 Å². The molecule has 1 fully saturated rings. The summed E-state index contributed by atoms with van der Waals surface area (Å²) in [5.74, 6) is 0. The highest BCUT2D eigenvalue weighted by molar-refractivity contribution is 4.78. The van der Waals surface area contributed by atoms with E-state index in [0.717, 1.165) is 13.3 Å². The maximum atomic E-state index is 3.32. The topological polar surface area (TPSA) is 27.3 Å². The molecule has 9 heavy (non-hydrogen) atoms. The third kappa shape index (κ3) is 1.41. The van der Waals surface area contributed by atoms with Crippen LogP contribution in [-0.2, 0) is 0 Å². The molecule has 54 valence electrons. The van der Waals surface area contributed by atoms with Crippen LogP contribution in [0.25, 0.3) is 0 Å².